The van der Waals surface area contributed by atoms with Crippen LogP contribution in [-0.2, 0) is 0 Å². The molecule has 0 saturated heterocycles. The molecule has 2 aliphatic rings. The summed E-state index contributed by atoms with van der Waals surface area (Å²) in [6.07, 6.45) is 3.72. The molecular weight excluding hydrogens is 220 g/mol. The summed E-state index contributed by atoms with van der Waals surface area (Å²) in [6.45, 7) is 0. The lowest BCUT2D eigenvalue weighted by molar-refractivity contribution is 0.720. The van der Waals surface area contributed by atoms with Gasteiger partial charge < -0.3 is 5.73 Å². The fourth-order valence-electron chi connectivity index (χ4n) is 4.00. The van der Waals surface area contributed by atoms with Crippen LogP contribution in [0.1, 0.15) is 47.8 Å². The number of nitrogens with zero attached hydrogens (tertiary/aromatic N) is 1. The van der Waals surface area contributed by atoms with Gasteiger partial charge in [-0.3, -0.25) is 0 Å². The van der Waals surface area contributed by atoms with Crippen LogP contribution in [0.25, 0.3) is 10.8 Å². The maximum absolute atomic E-state index is 9.44. The fourth-order valence-corrected chi connectivity index (χ4v) is 4.00. The maximum atomic E-state index is 9.44. The summed E-state index contributed by atoms with van der Waals surface area (Å²) in [6, 6.07) is 10.6. The predicted molar refractivity (Wildman–Crippen MR) is 72.4 cm³/mol. The molecule has 4 rings (SSSR count). The summed E-state index contributed by atoms with van der Waals surface area (Å²) in [7, 11) is 0. The van der Waals surface area contributed by atoms with E-state index in [-0.39, 0.29) is 0 Å². The van der Waals surface area contributed by atoms with Crippen LogP contribution >= 0.6 is 0 Å². The molecule has 2 N–H and O–H groups in total. The first-order valence-electron chi connectivity index (χ1n) is 6.55. The Hall–Kier alpha value is -2.01. The highest BCUT2D eigenvalue weighted by molar-refractivity contribution is 6.00. The Morgan fingerprint density at radius 2 is 1.72 bits per heavy atom. The Kier molecular flexibility index (Phi) is 1.81. The highest BCUT2D eigenvalue weighted by atomic mass is 14.6. The number of rotatable bonds is 0. The quantitative estimate of drug-likeness (QED) is 0.707. The first kappa shape index (κ1) is 9.96. The summed E-state index contributed by atoms with van der Waals surface area (Å²) in [5, 5.41) is 11.8. The van der Waals surface area contributed by atoms with E-state index < -0.39 is 0 Å². The first-order chi connectivity index (χ1) is 8.81. The van der Waals surface area contributed by atoms with Crippen LogP contribution in [0.4, 0.5) is 5.69 Å². The van der Waals surface area contributed by atoms with E-state index in [1.807, 2.05) is 12.1 Å². The molecule has 2 aliphatic carbocycles. The lowest BCUT2D eigenvalue weighted by Crippen LogP contribution is -2.05. The molecule has 2 bridgehead atoms. The number of hydrogen-bond donors (Lipinski definition) is 1. The Bertz CT molecular complexity index is 709. The molecule has 0 radical (unpaired) electrons. The van der Waals surface area contributed by atoms with Crippen molar-refractivity contribution in [1.82, 2.24) is 0 Å². The van der Waals surface area contributed by atoms with Gasteiger partial charge in [-0.1, -0.05) is 24.3 Å². The van der Waals surface area contributed by atoms with Gasteiger partial charge in [0, 0.05) is 5.39 Å². The Balaban J connectivity index is 2.22. The lowest BCUT2D eigenvalue weighted by atomic mass is 9.84. The summed E-state index contributed by atoms with van der Waals surface area (Å²) in [4.78, 5) is 0. The van der Waals surface area contributed by atoms with E-state index in [2.05, 4.69) is 18.2 Å². The summed E-state index contributed by atoms with van der Waals surface area (Å²) >= 11 is 0. The third kappa shape index (κ3) is 1.03. The van der Waals surface area contributed by atoms with Gasteiger partial charge in [-0.2, -0.15) is 5.26 Å². The predicted octanol–water partition coefficient (Wildman–Crippen LogP) is 3.66. The van der Waals surface area contributed by atoms with E-state index in [0.29, 0.717) is 17.5 Å². The second-order valence-corrected chi connectivity index (χ2v) is 5.48. The molecule has 2 heteroatoms. The molecule has 2 aromatic carbocycles. The summed E-state index contributed by atoms with van der Waals surface area (Å²) < 4.78 is 0. The molecule has 0 spiro atoms. The molecular formula is C16H14N2. The van der Waals surface area contributed by atoms with E-state index in [0.717, 1.165) is 10.9 Å². The monoisotopic (exact) mass is 234 g/mol. The van der Waals surface area contributed by atoms with Crippen LogP contribution in [0.5, 0.6) is 0 Å². The number of nitriles is 1. The minimum atomic E-state index is 0.576. The molecule has 1 saturated carbocycles. The van der Waals surface area contributed by atoms with Crippen LogP contribution < -0.4 is 5.73 Å². The molecule has 0 heterocycles. The molecule has 0 amide bonds. The highest BCUT2D eigenvalue weighted by Gasteiger charge is 2.40. The minimum Gasteiger partial charge on any atom is -0.397 e. The molecule has 1 fully saturated rings. The molecule has 2 aromatic rings. The maximum Gasteiger partial charge on any atom is 0.102 e. The first-order valence-corrected chi connectivity index (χ1v) is 6.55. The van der Waals surface area contributed by atoms with Gasteiger partial charge in [-0.05, 0) is 47.6 Å². The second kappa shape index (κ2) is 3.26. The number of hydrogen-bond acceptors (Lipinski definition) is 2. The van der Waals surface area contributed by atoms with Crippen molar-refractivity contribution >= 4 is 16.5 Å². The Labute approximate surface area is 106 Å². The number of anilines is 1. The molecule has 0 aliphatic heterocycles. The van der Waals surface area contributed by atoms with E-state index in [4.69, 9.17) is 5.73 Å². The highest BCUT2D eigenvalue weighted by Crippen LogP contribution is 2.57. The Morgan fingerprint density at radius 3 is 2.44 bits per heavy atom. The van der Waals surface area contributed by atoms with Gasteiger partial charge in [-0.15, -0.1) is 0 Å². The van der Waals surface area contributed by atoms with Crippen LogP contribution in [-0.4, -0.2) is 0 Å². The third-order valence-electron chi connectivity index (χ3n) is 4.70. The summed E-state index contributed by atoms with van der Waals surface area (Å²) in [5.74, 6) is 1.23. The number of fused-ring (bicyclic) bond motifs is 7. The largest absolute Gasteiger partial charge is 0.397 e. The van der Waals surface area contributed by atoms with Crippen LogP contribution in [0.3, 0.4) is 0 Å². The average molecular weight is 234 g/mol. The van der Waals surface area contributed by atoms with Crippen molar-refractivity contribution in [3.8, 4) is 6.07 Å². The van der Waals surface area contributed by atoms with E-state index in [9.17, 15) is 5.26 Å². The van der Waals surface area contributed by atoms with Crippen LogP contribution in [0, 0.1) is 11.3 Å². The molecule has 2 nitrogen and oxygen atoms in total. The van der Waals surface area contributed by atoms with Gasteiger partial charge >= 0.3 is 0 Å². The van der Waals surface area contributed by atoms with Gasteiger partial charge in [0.15, 0.2) is 0 Å². The van der Waals surface area contributed by atoms with Gasteiger partial charge in [0.05, 0.1) is 11.3 Å². The van der Waals surface area contributed by atoms with Gasteiger partial charge in [0.25, 0.3) is 0 Å². The van der Waals surface area contributed by atoms with Crippen molar-refractivity contribution in [3.63, 3.8) is 0 Å². The van der Waals surface area contributed by atoms with Crippen molar-refractivity contribution in [3.05, 3.63) is 41.0 Å². The fraction of sp³-hybridized carbons (Fsp3) is 0.312. The zero-order valence-electron chi connectivity index (χ0n) is 10.1. The number of benzene rings is 2. The van der Waals surface area contributed by atoms with Gasteiger partial charge in [-0.25, -0.2) is 0 Å². The Morgan fingerprint density at radius 1 is 1.06 bits per heavy atom. The zero-order chi connectivity index (χ0) is 12.3. The standard InChI is InChI=1S/C16H14N2/c17-8-13-15-10-6-5-9(7-10)14(15)11-3-1-2-4-12(11)16(13)18/h1-4,9-10H,5-7,18H2. The normalized spacial score (nSPS) is 24.2. The minimum absolute atomic E-state index is 0.576. The molecule has 2 unspecified atom stereocenters. The molecule has 0 aromatic heterocycles. The van der Waals surface area contributed by atoms with Crippen molar-refractivity contribution in [1.29, 1.82) is 5.26 Å². The van der Waals surface area contributed by atoms with Crippen molar-refractivity contribution in [2.45, 2.75) is 31.1 Å². The van der Waals surface area contributed by atoms with Crippen molar-refractivity contribution in [2.24, 2.45) is 0 Å². The smallest absolute Gasteiger partial charge is 0.102 e. The van der Waals surface area contributed by atoms with Gasteiger partial charge in [0.1, 0.15) is 6.07 Å². The zero-order valence-corrected chi connectivity index (χ0v) is 10.1. The van der Waals surface area contributed by atoms with Crippen molar-refractivity contribution < 1.29 is 0 Å². The second-order valence-electron chi connectivity index (χ2n) is 5.48. The van der Waals surface area contributed by atoms with E-state index >= 15 is 0 Å². The SMILES string of the molecule is N#Cc1c2c(c3ccccc3c1N)C1CCC2C1. The number of nitrogens with two attached hydrogens (primary N) is 1. The van der Waals surface area contributed by atoms with Crippen LogP contribution in [0.2, 0.25) is 0 Å². The topological polar surface area (TPSA) is 49.8 Å². The molecule has 88 valence electrons. The van der Waals surface area contributed by atoms with E-state index in [1.54, 1.807) is 0 Å². The lowest BCUT2D eigenvalue weighted by Gasteiger charge is -2.20. The summed E-state index contributed by atoms with van der Waals surface area (Å²) in [5.41, 5.74) is 10.3. The number of nitrogen functional groups attached to an aromatic ring is 1. The average Bonchev–Trinajstić information content (AvgIpc) is 3.01. The third-order valence-corrected chi connectivity index (χ3v) is 4.70. The van der Waals surface area contributed by atoms with E-state index in [1.165, 1.54) is 35.8 Å². The van der Waals surface area contributed by atoms with Gasteiger partial charge in [0.2, 0.25) is 0 Å². The van der Waals surface area contributed by atoms with Crippen LogP contribution in [0.15, 0.2) is 24.3 Å². The molecule has 18 heavy (non-hydrogen) atoms. The van der Waals surface area contributed by atoms with Crippen molar-refractivity contribution in [2.75, 3.05) is 5.73 Å². The molecule has 2 atom stereocenters.